The molecule has 0 aromatic heterocycles. The van der Waals surface area contributed by atoms with Crippen molar-refractivity contribution in [2.24, 2.45) is 4.99 Å². The van der Waals surface area contributed by atoms with Crippen molar-refractivity contribution in [1.29, 1.82) is 0 Å². The third-order valence-corrected chi connectivity index (χ3v) is 3.25. The van der Waals surface area contributed by atoms with E-state index in [9.17, 15) is 10.2 Å². The van der Waals surface area contributed by atoms with Gasteiger partial charge in [-0.1, -0.05) is 27.5 Å². The summed E-state index contributed by atoms with van der Waals surface area (Å²) in [5, 5.41) is 19.8. The number of benzene rings is 2. The fraction of sp³-hybridized carbons (Fsp3) is 0.0714. The van der Waals surface area contributed by atoms with Crippen LogP contribution in [0.15, 0.2) is 45.9 Å². The largest absolute Gasteiger partial charge is 0.508 e. The van der Waals surface area contributed by atoms with Crippen LogP contribution in [0, 0.1) is 0 Å². The summed E-state index contributed by atoms with van der Waals surface area (Å²) in [6, 6.07) is 9.90. The van der Waals surface area contributed by atoms with Crippen LogP contribution in [0.2, 0.25) is 5.02 Å². The molecule has 0 fully saturated rings. The van der Waals surface area contributed by atoms with Gasteiger partial charge in [-0.2, -0.15) is 0 Å². The molecule has 0 spiro atoms. The second-order valence-corrected chi connectivity index (χ2v) is 5.30. The van der Waals surface area contributed by atoms with Gasteiger partial charge in [-0.25, -0.2) is 0 Å². The first-order valence-electron chi connectivity index (χ1n) is 5.52. The summed E-state index contributed by atoms with van der Waals surface area (Å²) in [5.41, 5.74) is 1.24. The van der Waals surface area contributed by atoms with E-state index in [0.29, 0.717) is 22.7 Å². The molecule has 0 aliphatic rings. The maximum absolute atomic E-state index is 9.65. The van der Waals surface area contributed by atoms with Gasteiger partial charge >= 0.3 is 0 Å². The van der Waals surface area contributed by atoms with Crippen LogP contribution in [0.25, 0.3) is 0 Å². The minimum Gasteiger partial charge on any atom is -0.508 e. The van der Waals surface area contributed by atoms with Gasteiger partial charge in [0.1, 0.15) is 11.5 Å². The van der Waals surface area contributed by atoms with E-state index in [0.717, 1.165) is 4.47 Å². The van der Waals surface area contributed by atoms with Crippen molar-refractivity contribution in [3.05, 3.63) is 57.0 Å². The first-order chi connectivity index (χ1) is 9.06. The van der Waals surface area contributed by atoms with Gasteiger partial charge in [-0.15, -0.1) is 0 Å². The molecule has 3 nitrogen and oxygen atoms in total. The number of nitrogens with zero attached hydrogens (tertiary/aromatic N) is 1. The SMILES string of the molecule is Oc1ccc(Br)cc1C=NCc1cc(Cl)ccc1O. The molecule has 0 bridgehead atoms. The van der Waals surface area contributed by atoms with Crippen molar-refractivity contribution in [2.45, 2.75) is 6.54 Å². The highest BCUT2D eigenvalue weighted by molar-refractivity contribution is 9.10. The molecule has 2 N–H and O–H groups in total. The first kappa shape index (κ1) is 13.9. The molecule has 0 radical (unpaired) electrons. The summed E-state index contributed by atoms with van der Waals surface area (Å²) in [4.78, 5) is 4.19. The maximum Gasteiger partial charge on any atom is 0.124 e. The van der Waals surface area contributed by atoms with Crippen molar-refractivity contribution in [3.63, 3.8) is 0 Å². The monoisotopic (exact) mass is 339 g/mol. The average molecular weight is 341 g/mol. The summed E-state index contributed by atoms with van der Waals surface area (Å²) in [5.74, 6) is 0.308. The van der Waals surface area contributed by atoms with Crippen LogP contribution in [0.5, 0.6) is 11.5 Å². The van der Waals surface area contributed by atoms with E-state index >= 15 is 0 Å². The molecule has 0 aliphatic carbocycles. The van der Waals surface area contributed by atoms with E-state index in [1.807, 2.05) is 0 Å². The highest BCUT2D eigenvalue weighted by atomic mass is 79.9. The van der Waals surface area contributed by atoms with Gasteiger partial charge < -0.3 is 10.2 Å². The van der Waals surface area contributed by atoms with Crippen LogP contribution in [0.4, 0.5) is 0 Å². The maximum atomic E-state index is 9.65. The van der Waals surface area contributed by atoms with Crippen molar-refractivity contribution in [3.8, 4) is 11.5 Å². The van der Waals surface area contributed by atoms with Crippen LogP contribution in [-0.2, 0) is 6.54 Å². The topological polar surface area (TPSA) is 52.8 Å². The van der Waals surface area contributed by atoms with Crippen LogP contribution in [-0.4, -0.2) is 16.4 Å². The fourth-order valence-corrected chi connectivity index (χ4v) is 2.13. The molecular weight excluding hydrogens is 330 g/mol. The predicted octanol–water partition coefficient (Wildman–Crippen LogP) is 4.13. The molecule has 5 heteroatoms. The van der Waals surface area contributed by atoms with Crippen LogP contribution in [0.3, 0.4) is 0 Å². The minimum absolute atomic E-state index is 0.153. The van der Waals surface area contributed by atoms with E-state index in [4.69, 9.17) is 11.6 Å². The molecular formula is C14H11BrClNO2. The fourth-order valence-electron chi connectivity index (χ4n) is 1.55. The second-order valence-electron chi connectivity index (χ2n) is 3.95. The molecule has 2 aromatic rings. The van der Waals surface area contributed by atoms with E-state index in [1.165, 1.54) is 6.07 Å². The second kappa shape index (κ2) is 6.08. The number of phenolic OH excluding ortho intramolecular Hbond substituents is 2. The molecule has 0 heterocycles. The van der Waals surface area contributed by atoms with Crippen molar-refractivity contribution >= 4 is 33.7 Å². The van der Waals surface area contributed by atoms with Gasteiger partial charge in [0.15, 0.2) is 0 Å². The lowest BCUT2D eigenvalue weighted by molar-refractivity contribution is 0.468. The Labute approximate surface area is 124 Å². The molecule has 0 saturated heterocycles. The number of hydrogen-bond acceptors (Lipinski definition) is 3. The molecule has 0 saturated carbocycles. The van der Waals surface area contributed by atoms with E-state index in [1.54, 1.807) is 36.5 Å². The van der Waals surface area contributed by atoms with Gasteiger partial charge in [0.25, 0.3) is 0 Å². The number of halogens is 2. The van der Waals surface area contributed by atoms with Gasteiger partial charge in [-0.3, -0.25) is 4.99 Å². The Morgan fingerprint density at radius 2 is 1.84 bits per heavy atom. The summed E-state index contributed by atoms with van der Waals surface area (Å²) in [6.07, 6.45) is 1.56. The minimum atomic E-state index is 0.153. The van der Waals surface area contributed by atoms with Crippen LogP contribution >= 0.6 is 27.5 Å². The zero-order valence-corrected chi connectivity index (χ0v) is 12.2. The van der Waals surface area contributed by atoms with Gasteiger partial charge in [0.2, 0.25) is 0 Å². The zero-order chi connectivity index (χ0) is 13.8. The van der Waals surface area contributed by atoms with Gasteiger partial charge in [0, 0.05) is 26.8 Å². The Kier molecular flexibility index (Phi) is 4.45. The smallest absolute Gasteiger partial charge is 0.124 e. The van der Waals surface area contributed by atoms with E-state index in [2.05, 4.69) is 20.9 Å². The zero-order valence-electron chi connectivity index (χ0n) is 9.85. The third-order valence-electron chi connectivity index (χ3n) is 2.52. The Hall–Kier alpha value is -1.52. The number of aliphatic imine (C=N–C) groups is 1. The van der Waals surface area contributed by atoms with Gasteiger partial charge in [0.05, 0.1) is 6.54 Å². The highest BCUT2D eigenvalue weighted by Crippen LogP contribution is 2.23. The quantitative estimate of drug-likeness (QED) is 0.825. The standard InChI is InChI=1S/C14H11BrClNO2/c15-11-1-3-13(18)9(5-11)7-17-8-10-6-12(16)2-4-14(10)19/h1-7,18-19H,8H2. The summed E-state index contributed by atoms with van der Waals surface area (Å²) in [6.45, 7) is 0.290. The lowest BCUT2D eigenvalue weighted by atomic mass is 10.2. The predicted molar refractivity (Wildman–Crippen MR) is 80.2 cm³/mol. The number of hydrogen-bond donors (Lipinski definition) is 2. The summed E-state index contributed by atoms with van der Waals surface area (Å²) >= 11 is 9.17. The molecule has 0 unspecified atom stereocenters. The molecule has 19 heavy (non-hydrogen) atoms. The lowest BCUT2D eigenvalue weighted by Crippen LogP contribution is -1.87. The lowest BCUT2D eigenvalue weighted by Gasteiger charge is -2.02. The summed E-state index contributed by atoms with van der Waals surface area (Å²) < 4.78 is 0.859. The highest BCUT2D eigenvalue weighted by Gasteiger charge is 2.02. The van der Waals surface area contributed by atoms with Gasteiger partial charge in [-0.05, 0) is 36.4 Å². The average Bonchev–Trinajstić information content (AvgIpc) is 2.38. The molecule has 98 valence electrons. The molecule has 2 rings (SSSR count). The van der Waals surface area contributed by atoms with Crippen molar-refractivity contribution < 1.29 is 10.2 Å². The Morgan fingerprint density at radius 3 is 2.63 bits per heavy atom. The Balaban J connectivity index is 2.15. The molecule has 2 aromatic carbocycles. The normalized spacial score (nSPS) is 11.1. The van der Waals surface area contributed by atoms with Crippen LogP contribution in [0.1, 0.15) is 11.1 Å². The number of aromatic hydroxyl groups is 2. The third kappa shape index (κ3) is 3.72. The number of phenols is 2. The van der Waals surface area contributed by atoms with Crippen molar-refractivity contribution in [1.82, 2.24) is 0 Å². The Morgan fingerprint density at radius 1 is 1.11 bits per heavy atom. The molecule has 0 atom stereocenters. The summed E-state index contributed by atoms with van der Waals surface area (Å²) in [7, 11) is 0. The van der Waals surface area contributed by atoms with Crippen molar-refractivity contribution in [2.75, 3.05) is 0 Å². The molecule has 0 aliphatic heterocycles. The van der Waals surface area contributed by atoms with E-state index < -0.39 is 0 Å². The first-order valence-corrected chi connectivity index (χ1v) is 6.69. The van der Waals surface area contributed by atoms with Crippen LogP contribution < -0.4 is 0 Å². The molecule has 0 amide bonds. The van der Waals surface area contributed by atoms with E-state index in [-0.39, 0.29) is 11.5 Å². The number of rotatable bonds is 3. The Bertz CT molecular complexity index is 629.